The highest BCUT2D eigenvalue weighted by molar-refractivity contribution is 4.93. The van der Waals surface area contributed by atoms with Crippen LogP contribution in [0.3, 0.4) is 0 Å². The Balaban J connectivity index is 2.11. The average molecular weight is 338 g/mol. The Morgan fingerprint density at radius 1 is 0.783 bits per heavy atom. The van der Waals surface area contributed by atoms with Gasteiger partial charge in [0.2, 0.25) is 0 Å². The molecule has 2 fully saturated rings. The van der Waals surface area contributed by atoms with Crippen molar-refractivity contribution in [3.8, 4) is 0 Å². The van der Waals surface area contributed by atoms with E-state index >= 15 is 0 Å². The molecule has 0 spiro atoms. The van der Waals surface area contributed by atoms with E-state index in [1.54, 1.807) is 13.8 Å². The third-order valence-electron chi connectivity index (χ3n) is 4.69. The summed E-state index contributed by atoms with van der Waals surface area (Å²) in [5.41, 5.74) is 0. The summed E-state index contributed by atoms with van der Waals surface area (Å²) in [7, 11) is 0. The third kappa shape index (κ3) is 3.68. The molecule has 0 saturated carbocycles. The van der Waals surface area contributed by atoms with Crippen molar-refractivity contribution in [3.63, 3.8) is 0 Å². The minimum absolute atomic E-state index is 0.285. The number of hydrogen-bond donors (Lipinski definition) is 6. The van der Waals surface area contributed by atoms with Crippen molar-refractivity contribution in [3.05, 3.63) is 0 Å². The maximum atomic E-state index is 10.4. The first-order valence-electron chi connectivity index (χ1n) is 7.72. The summed E-state index contributed by atoms with van der Waals surface area (Å²) in [5.74, 6) is -0.285. The molecule has 0 bridgehead atoms. The Hall–Kier alpha value is -0.360. The average Bonchev–Trinajstić information content (AvgIpc) is 2.55. The molecule has 0 aromatic heterocycles. The van der Waals surface area contributed by atoms with Gasteiger partial charge in [-0.05, 0) is 6.92 Å². The second kappa shape index (κ2) is 7.68. The fraction of sp³-hybridized carbons (Fsp3) is 1.00. The van der Waals surface area contributed by atoms with Gasteiger partial charge in [-0.1, -0.05) is 6.92 Å². The van der Waals surface area contributed by atoms with E-state index in [0.29, 0.717) is 0 Å². The maximum Gasteiger partial charge on any atom is 0.187 e. The summed E-state index contributed by atoms with van der Waals surface area (Å²) in [6.45, 7) is 2.54. The van der Waals surface area contributed by atoms with Crippen molar-refractivity contribution in [1.82, 2.24) is 0 Å². The Kier molecular flexibility index (Phi) is 6.34. The lowest BCUT2D eigenvalue weighted by Crippen LogP contribution is -2.63. The molecule has 0 aromatic rings. The fourth-order valence-corrected chi connectivity index (χ4v) is 2.92. The van der Waals surface area contributed by atoms with Gasteiger partial charge in [-0.2, -0.15) is 0 Å². The molecule has 4 unspecified atom stereocenters. The van der Waals surface area contributed by atoms with Crippen LogP contribution >= 0.6 is 0 Å². The molecular formula is C14H26O9. The van der Waals surface area contributed by atoms with Gasteiger partial charge in [0.1, 0.15) is 36.6 Å². The van der Waals surface area contributed by atoms with Gasteiger partial charge in [0, 0.05) is 5.92 Å². The molecule has 2 aliphatic rings. The lowest BCUT2D eigenvalue weighted by atomic mass is 9.88. The summed E-state index contributed by atoms with van der Waals surface area (Å²) in [5, 5.41) is 58.4. The predicted octanol–water partition coefficient (Wildman–Crippen LogP) is -3.05. The van der Waals surface area contributed by atoms with Crippen molar-refractivity contribution < 1.29 is 44.8 Å². The number of hydrogen-bond acceptors (Lipinski definition) is 9. The summed E-state index contributed by atoms with van der Waals surface area (Å²) in [4.78, 5) is 0. The van der Waals surface area contributed by atoms with Crippen molar-refractivity contribution in [2.24, 2.45) is 5.92 Å². The van der Waals surface area contributed by atoms with E-state index < -0.39 is 62.2 Å². The summed E-state index contributed by atoms with van der Waals surface area (Å²) in [6.07, 6.45) is -10.2. The molecule has 2 heterocycles. The van der Waals surface area contributed by atoms with E-state index in [9.17, 15) is 25.5 Å². The number of rotatable bonds is 4. The van der Waals surface area contributed by atoms with Gasteiger partial charge in [-0.3, -0.25) is 0 Å². The fourth-order valence-electron chi connectivity index (χ4n) is 2.92. The van der Waals surface area contributed by atoms with Crippen LogP contribution in [-0.2, 0) is 14.2 Å². The molecule has 0 aliphatic carbocycles. The van der Waals surface area contributed by atoms with E-state index in [1.165, 1.54) is 0 Å². The van der Waals surface area contributed by atoms with Crippen LogP contribution in [0.1, 0.15) is 13.8 Å². The molecule has 0 amide bonds. The zero-order valence-corrected chi connectivity index (χ0v) is 13.1. The van der Waals surface area contributed by atoms with Crippen molar-refractivity contribution in [2.75, 3.05) is 13.2 Å². The Labute approximate surface area is 134 Å². The van der Waals surface area contributed by atoms with Gasteiger partial charge in [0.15, 0.2) is 6.29 Å². The van der Waals surface area contributed by atoms with Gasteiger partial charge >= 0.3 is 0 Å². The Morgan fingerprint density at radius 2 is 1.39 bits per heavy atom. The highest BCUT2D eigenvalue weighted by atomic mass is 16.7. The normalized spacial score (nSPS) is 51.7. The van der Waals surface area contributed by atoms with Gasteiger partial charge in [-0.25, -0.2) is 0 Å². The van der Waals surface area contributed by atoms with Gasteiger partial charge in [0.05, 0.1) is 25.4 Å². The lowest BCUT2D eigenvalue weighted by molar-refractivity contribution is -0.337. The standard InChI is InChI=1S/C14H26O9/c1-5-6(2)21-8(4-16)13(9(5)17)23-14-12(20)11(19)10(18)7(3-15)22-14/h5-20H,3-4H2,1-2H3/t5-,6+,7?,8?,9?,10+,11?,12+,13-,14+/m1/s1. The predicted molar refractivity (Wildman–Crippen MR) is 75.2 cm³/mol. The van der Waals surface area contributed by atoms with Gasteiger partial charge in [0.25, 0.3) is 0 Å². The molecule has 9 heteroatoms. The molecule has 2 saturated heterocycles. The van der Waals surface area contributed by atoms with Crippen molar-refractivity contribution in [2.45, 2.75) is 69.0 Å². The zero-order valence-electron chi connectivity index (χ0n) is 13.1. The SMILES string of the molecule is C[C@@H]1OC(CO)[C@@H](O[C@@H]2OC(CO)[C@H](O)C(O)[C@@H]2O)C(O)[C@@H]1C. The Bertz CT molecular complexity index is 377. The number of aliphatic hydroxyl groups is 6. The molecule has 2 rings (SSSR count). The Morgan fingerprint density at radius 3 is 1.96 bits per heavy atom. The quantitative estimate of drug-likeness (QED) is 0.314. The maximum absolute atomic E-state index is 10.4. The largest absolute Gasteiger partial charge is 0.394 e. The minimum atomic E-state index is -1.58. The third-order valence-corrected chi connectivity index (χ3v) is 4.69. The summed E-state index contributed by atoms with van der Waals surface area (Å²) in [6, 6.07) is 0. The molecule has 10 atom stereocenters. The molecule has 0 aromatic carbocycles. The van der Waals surface area contributed by atoms with Crippen molar-refractivity contribution in [1.29, 1.82) is 0 Å². The second-order valence-electron chi connectivity index (χ2n) is 6.21. The first kappa shape index (κ1) is 19.0. The summed E-state index contributed by atoms with van der Waals surface area (Å²) < 4.78 is 16.4. The van der Waals surface area contributed by atoms with Crippen LogP contribution in [0.2, 0.25) is 0 Å². The smallest absolute Gasteiger partial charge is 0.187 e. The lowest BCUT2D eigenvalue weighted by Gasteiger charge is -2.46. The van der Waals surface area contributed by atoms with Crippen LogP contribution in [0.15, 0.2) is 0 Å². The van der Waals surface area contributed by atoms with Crippen LogP contribution in [0, 0.1) is 5.92 Å². The van der Waals surface area contributed by atoms with E-state index in [4.69, 9.17) is 19.3 Å². The molecule has 9 nitrogen and oxygen atoms in total. The molecule has 2 aliphatic heterocycles. The topological polar surface area (TPSA) is 149 Å². The van der Waals surface area contributed by atoms with Gasteiger partial charge < -0.3 is 44.8 Å². The minimum Gasteiger partial charge on any atom is -0.394 e. The molecule has 23 heavy (non-hydrogen) atoms. The first-order valence-corrected chi connectivity index (χ1v) is 7.72. The van der Waals surface area contributed by atoms with Gasteiger partial charge in [-0.15, -0.1) is 0 Å². The summed E-state index contributed by atoms with van der Waals surface area (Å²) >= 11 is 0. The second-order valence-corrected chi connectivity index (χ2v) is 6.21. The van der Waals surface area contributed by atoms with E-state index in [0.717, 1.165) is 0 Å². The van der Waals surface area contributed by atoms with E-state index in [1.807, 2.05) is 0 Å². The van der Waals surface area contributed by atoms with Crippen LogP contribution in [-0.4, -0.2) is 99.0 Å². The molecule has 0 radical (unpaired) electrons. The van der Waals surface area contributed by atoms with E-state index in [2.05, 4.69) is 0 Å². The molecular weight excluding hydrogens is 312 g/mol. The molecule has 136 valence electrons. The number of aliphatic hydroxyl groups excluding tert-OH is 6. The highest BCUT2D eigenvalue weighted by Gasteiger charge is 2.48. The first-order chi connectivity index (χ1) is 10.8. The van der Waals surface area contributed by atoms with Crippen LogP contribution in [0.5, 0.6) is 0 Å². The van der Waals surface area contributed by atoms with Crippen LogP contribution < -0.4 is 0 Å². The van der Waals surface area contributed by atoms with Crippen LogP contribution in [0.4, 0.5) is 0 Å². The van der Waals surface area contributed by atoms with E-state index in [-0.39, 0.29) is 12.0 Å². The van der Waals surface area contributed by atoms with Crippen LogP contribution in [0.25, 0.3) is 0 Å². The monoisotopic (exact) mass is 338 g/mol. The zero-order chi connectivity index (χ0) is 17.3. The highest BCUT2D eigenvalue weighted by Crippen LogP contribution is 2.31. The number of ether oxygens (including phenoxy) is 3. The molecule has 6 N–H and O–H groups in total. The van der Waals surface area contributed by atoms with Crippen molar-refractivity contribution >= 4 is 0 Å².